The summed E-state index contributed by atoms with van der Waals surface area (Å²) in [5, 5.41) is 19.7. The van der Waals surface area contributed by atoms with Crippen LogP contribution >= 0.6 is 35.3 Å². The minimum absolute atomic E-state index is 0. The van der Waals surface area contributed by atoms with Gasteiger partial charge in [-0.25, -0.2) is 0 Å². The molecule has 0 unspecified atom stereocenters. The Balaban J connectivity index is 0.00000225. The number of hydrogen-bond donors (Lipinski definition) is 2. The molecule has 2 N–H and O–H groups in total. The molecular weight excluding hydrogens is 447 g/mol. The van der Waals surface area contributed by atoms with Gasteiger partial charge in [-0.15, -0.1) is 34.2 Å². The Bertz CT molecular complexity index is 652. The molecular formula is C17H27IN6S. The van der Waals surface area contributed by atoms with E-state index < -0.39 is 0 Å². The number of nitrogens with one attached hydrogen (secondary N) is 2. The zero-order chi connectivity index (χ0) is 16.6. The summed E-state index contributed by atoms with van der Waals surface area (Å²) in [5.41, 5.74) is 1.29. The molecule has 25 heavy (non-hydrogen) atoms. The number of aromatic nitrogens is 3. The first kappa shape index (κ1) is 20.2. The maximum Gasteiger partial charge on any atom is 0.191 e. The zero-order valence-electron chi connectivity index (χ0n) is 14.7. The molecule has 6 nitrogen and oxygen atoms in total. The fourth-order valence-electron chi connectivity index (χ4n) is 2.98. The maximum absolute atomic E-state index is 4.39. The van der Waals surface area contributed by atoms with Gasteiger partial charge in [-0.3, -0.25) is 4.99 Å². The molecule has 0 bridgehead atoms. The van der Waals surface area contributed by atoms with Crippen molar-refractivity contribution in [3.05, 3.63) is 34.0 Å². The van der Waals surface area contributed by atoms with Crippen molar-refractivity contribution in [1.29, 1.82) is 0 Å². The quantitative estimate of drug-likeness (QED) is 0.293. The van der Waals surface area contributed by atoms with Gasteiger partial charge in [0, 0.05) is 39.5 Å². The molecule has 0 fully saturated rings. The summed E-state index contributed by atoms with van der Waals surface area (Å²) in [6.07, 6.45) is 6.85. The molecule has 0 radical (unpaired) electrons. The molecule has 8 heteroatoms. The number of thiophene rings is 1. The summed E-state index contributed by atoms with van der Waals surface area (Å²) >= 11 is 1.72. The van der Waals surface area contributed by atoms with Crippen LogP contribution in [-0.4, -0.2) is 34.3 Å². The van der Waals surface area contributed by atoms with Crippen LogP contribution in [0.1, 0.15) is 42.9 Å². The average molecular weight is 474 g/mol. The minimum Gasteiger partial charge on any atom is -0.356 e. The van der Waals surface area contributed by atoms with Crippen LogP contribution in [0.2, 0.25) is 0 Å². The highest BCUT2D eigenvalue weighted by Gasteiger charge is 2.14. The molecule has 1 aliphatic rings. The van der Waals surface area contributed by atoms with E-state index in [2.05, 4.69) is 47.2 Å². The van der Waals surface area contributed by atoms with E-state index in [1.165, 1.54) is 30.7 Å². The summed E-state index contributed by atoms with van der Waals surface area (Å²) in [4.78, 5) is 4.27. The number of aryl methyl sites for hydroxylation is 2. The molecule has 0 aromatic carbocycles. The fourth-order valence-corrected chi connectivity index (χ4v) is 3.65. The van der Waals surface area contributed by atoms with Crippen LogP contribution in [0, 0.1) is 0 Å². The van der Waals surface area contributed by atoms with Crippen molar-refractivity contribution < 1.29 is 0 Å². The minimum atomic E-state index is 0. The van der Waals surface area contributed by atoms with Crippen LogP contribution in [-0.2, 0) is 25.9 Å². The van der Waals surface area contributed by atoms with Crippen molar-refractivity contribution >= 4 is 41.3 Å². The second-order valence-electron chi connectivity index (χ2n) is 6.08. The summed E-state index contributed by atoms with van der Waals surface area (Å²) in [6.45, 7) is 2.77. The number of aliphatic imine (C=N–C) groups is 1. The lowest BCUT2D eigenvalue weighted by atomic mass is 10.2. The van der Waals surface area contributed by atoms with Crippen LogP contribution in [0.15, 0.2) is 21.8 Å². The van der Waals surface area contributed by atoms with Gasteiger partial charge in [-0.2, -0.15) is 11.3 Å². The summed E-state index contributed by atoms with van der Waals surface area (Å²) in [5.74, 6) is 3.15. The number of fused-ring (bicyclic) bond motifs is 1. The largest absolute Gasteiger partial charge is 0.356 e. The predicted molar refractivity (Wildman–Crippen MR) is 114 cm³/mol. The predicted octanol–water partition coefficient (Wildman–Crippen LogP) is 2.98. The Kier molecular flexibility index (Phi) is 8.66. The lowest BCUT2D eigenvalue weighted by Crippen LogP contribution is -2.37. The number of guanidine groups is 1. The first-order valence-electron chi connectivity index (χ1n) is 8.73. The molecule has 0 atom stereocenters. The molecule has 2 aromatic rings. The number of hydrogen-bond acceptors (Lipinski definition) is 4. The van der Waals surface area contributed by atoms with Crippen LogP contribution < -0.4 is 10.6 Å². The van der Waals surface area contributed by atoms with Gasteiger partial charge in [0.15, 0.2) is 5.96 Å². The van der Waals surface area contributed by atoms with E-state index in [9.17, 15) is 0 Å². The van der Waals surface area contributed by atoms with E-state index in [4.69, 9.17) is 0 Å². The lowest BCUT2D eigenvalue weighted by Gasteiger charge is -2.11. The van der Waals surface area contributed by atoms with Gasteiger partial charge in [0.1, 0.15) is 11.6 Å². The Labute approximate surface area is 170 Å². The van der Waals surface area contributed by atoms with E-state index in [1.807, 2.05) is 0 Å². The third kappa shape index (κ3) is 5.95. The van der Waals surface area contributed by atoms with Gasteiger partial charge >= 0.3 is 0 Å². The zero-order valence-corrected chi connectivity index (χ0v) is 17.8. The molecule has 1 aliphatic heterocycles. The Morgan fingerprint density at radius 1 is 1.28 bits per heavy atom. The third-order valence-corrected chi connectivity index (χ3v) is 5.05. The molecule has 0 saturated carbocycles. The molecule has 3 rings (SSSR count). The topological polar surface area (TPSA) is 67.1 Å². The molecule has 3 heterocycles. The molecule has 0 aliphatic carbocycles. The molecule has 138 valence electrons. The van der Waals surface area contributed by atoms with Crippen LogP contribution in [0.4, 0.5) is 0 Å². The van der Waals surface area contributed by atoms with E-state index in [-0.39, 0.29) is 24.0 Å². The highest BCUT2D eigenvalue weighted by molar-refractivity contribution is 14.0. The van der Waals surface area contributed by atoms with Crippen LogP contribution in [0.25, 0.3) is 0 Å². The normalized spacial score (nSPS) is 14.4. The Morgan fingerprint density at radius 2 is 2.20 bits per heavy atom. The van der Waals surface area contributed by atoms with Gasteiger partial charge in [-0.05, 0) is 41.7 Å². The van der Waals surface area contributed by atoms with Crippen molar-refractivity contribution in [2.75, 3.05) is 13.6 Å². The van der Waals surface area contributed by atoms with Crippen molar-refractivity contribution in [3.63, 3.8) is 0 Å². The monoisotopic (exact) mass is 474 g/mol. The SMILES string of the molecule is CN=C(NCCCc1nnc2n1CCCCC2)NCc1ccsc1.I. The van der Waals surface area contributed by atoms with Crippen molar-refractivity contribution in [2.45, 2.75) is 51.6 Å². The summed E-state index contributed by atoms with van der Waals surface area (Å²) in [6, 6.07) is 2.13. The van der Waals surface area contributed by atoms with E-state index >= 15 is 0 Å². The van der Waals surface area contributed by atoms with E-state index in [0.29, 0.717) is 0 Å². The van der Waals surface area contributed by atoms with E-state index in [0.717, 1.165) is 50.7 Å². The van der Waals surface area contributed by atoms with E-state index in [1.54, 1.807) is 18.4 Å². The third-order valence-electron chi connectivity index (χ3n) is 4.32. The van der Waals surface area contributed by atoms with Crippen molar-refractivity contribution in [2.24, 2.45) is 4.99 Å². The van der Waals surface area contributed by atoms with Gasteiger partial charge in [-0.1, -0.05) is 6.42 Å². The fraction of sp³-hybridized carbons (Fsp3) is 0.588. The standard InChI is InChI=1S/C17H26N6S.HI/c1-18-17(20-12-14-8-11-24-13-14)19-9-5-7-16-22-21-15-6-3-2-4-10-23(15)16;/h8,11,13H,2-7,9-10,12H2,1H3,(H2,18,19,20);1H. The van der Waals surface area contributed by atoms with Gasteiger partial charge in [0.25, 0.3) is 0 Å². The second-order valence-corrected chi connectivity index (χ2v) is 6.86. The Hall–Kier alpha value is -1.16. The van der Waals surface area contributed by atoms with Crippen LogP contribution in [0.5, 0.6) is 0 Å². The first-order chi connectivity index (χ1) is 11.9. The Morgan fingerprint density at radius 3 is 3.00 bits per heavy atom. The van der Waals surface area contributed by atoms with Crippen LogP contribution in [0.3, 0.4) is 0 Å². The molecule has 0 spiro atoms. The second kappa shape index (κ2) is 10.7. The molecule has 0 amide bonds. The van der Waals surface area contributed by atoms with Crippen molar-refractivity contribution in [3.8, 4) is 0 Å². The average Bonchev–Trinajstić information content (AvgIpc) is 3.19. The summed E-state index contributed by atoms with van der Waals surface area (Å²) in [7, 11) is 1.81. The highest BCUT2D eigenvalue weighted by atomic mass is 127. The number of rotatable bonds is 6. The summed E-state index contributed by atoms with van der Waals surface area (Å²) < 4.78 is 2.33. The molecule has 2 aromatic heterocycles. The first-order valence-corrected chi connectivity index (χ1v) is 9.67. The molecule has 0 saturated heterocycles. The van der Waals surface area contributed by atoms with Gasteiger partial charge in [0.05, 0.1) is 0 Å². The van der Waals surface area contributed by atoms with Gasteiger partial charge in [0.2, 0.25) is 0 Å². The number of halogens is 1. The maximum atomic E-state index is 4.39. The number of nitrogens with zero attached hydrogens (tertiary/aromatic N) is 4. The highest BCUT2D eigenvalue weighted by Crippen LogP contribution is 2.15. The van der Waals surface area contributed by atoms with Crippen molar-refractivity contribution in [1.82, 2.24) is 25.4 Å². The lowest BCUT2D eigenvalue weighted by molar-refractivity contribution is 0.594. The smallest absolute Gasteiger partial charge is 0.191 e. The van der Waals surface area contributed by atoms with Gasteiger partial charge < -0.3 is 15.2 Å².